The van der Waals surface area contributed by atoms with Crippen molar-refractivity contribution in [1.82, 2.24) is 0 Å². The highest BCUT2D eigenvalue weighted by Crippen LogP contribution is 2.14. The van der Waals surface area contributed by atoms with Gasteiger partial charge in [-0.1, -0.05) is 256 Å². The van der Waals surface area contributed by atoms with E-state index in [-0.39, 0.29) is 37.5 Å². The van der Waals surface area contributed by atoms with Crippen molar-refractivity contribution in [2.45, 2.75) is 258 Å². The molecule has 6 heteroatoms. The molecular weight excluding hydrogens is 949 g/mol. The van der Waals surface area contributed by atoms with E-state index in [1.54, 1.807) is 0 Å². The van der Waals surface area contributed by atoms with E-state index < -0.39 is 6.10 Å². The fourth-order valence-electron chi connectivity index (χ4n) is 7.94. The van der Waals surface area contributed by atoms with Gasteiger partial charge in [-0.25, -0.2) is 0 Å². The van der Waals surface area contributed by atoms with Gasteiger partial charge in [0.25, 0.3) is 0 Å². The molecule has 432 valence electrons. The Labute approximate surface area is 473 Å². The molecule has 0 spiro atoms. The highest BCUT2D eigenvalue weighted by molar-refractivity contribution is 5.71. The highest BCUT2D eigenvalue weighted by atomic mass is 16.6. The second kappa shape index (κ2) is 63.6. The van der Waals surface area contributed by atoms with Crippen LogP contribution in [0.25, 0.3) is 0 Å². The molecule has 0 radical (unpaired) electrons. The van der Waals surface area contributed by atoms with Crippen LogP contribution >= 0.6 is 0 Å². The van der Waals surface area contributed by atoms with Crippen LogP contribution in [0.5, 0.6) is 0 Å². The van der Waals surface area contributed by atoms with Gasteiger partial charge in [-0.05, 0) is 135 Å². The topological polar surface area (TPSA) is 78.9 Å². The number of unbranched alkanes of at least 4 members (excludes halogenated alkanes) is 17. The average Bonchev–Trinajstić information content (AvgIpc) is 3.43. The van der Waals surface area contributed by atoms with Crippen LogP contribution in [-0.4, -0.2) is 37.2 Å². The summed E-state index contributed by atoms with van der Waals surface area (Å²) < 4.78 is 16.8. The summed E-state index contributed by atoms with van der Waals surface area (Å²) in [5, 5.41) is 0. The van der Waals surface area contributed by atoms with Gasteiger partial charge in [-0.2, -0.15) is 0 Å². The third-order valence-corrected chi connectivity index (χ3v) is 12.5. The number of allylic oxidation sites excluding steroid dienone is 26. The number of hydrogen-bond acceptors (Lipinski definition) is 6. The molecular formula is C71H112O6. The lowest BCUT2D eigenvalue weighted by Crippen LogP contribution is -2.30. The number of rotatable bonds is 54. The summed E-state index contributed by atoms with van der Waals surface area (Å²) in [4.78, 5) is 38.2. The number of carbonyl (C=O) groups is 3. The number of hydrogen-bond donors (Lipinski definition) is 0. The molecule has 0 aromatic carbocycles. The molecule has 1 unspecified atom stereocenters. The van der Waals surface area contributed by atoms with Crippen LogP contribution in [0.4, 0.5) is 0 Å². The third kappa shape index (κ3) is 61.8. The smallest absolute Gasteiger partial charge is 0.306 e. The van der Waals surface area contributed by atoms with Gasteiger partial charge in [0.1, 0.15) is 13.2 Å². The van der Waals surface area contributed by atoms with Crippen molar-refractivity contribution < 1.29 is 28.6 Å². The van der Waals surface area contributed by atoms with Crippen LogP contribution < -0.4 is 0 Å². The summed E-state index contributed by atoms with van der Waals surface area (Å²) in [6.07, 6.45) is 92.5. The van der Waals surface area contributed by atoms with Crippen molar-refractivity contribution in [1.29, 1.82) is 0 Å². The van der Waals surface area contributed by atoms with Crippen LogP contribution in [0.3, 0.4) is 0 Å². The zero-order valence-electron chi connectivity index (χ0n) is 49.4. The van der Waals surface area contributed by atoms with E-state index in [0.29, 0.717) is 19.3 Å². The van der Waals surface area contributed by atoms with E-state index in [1.807, 2.05) is 12.2 Å². The lowest BCUT2D eigenvalue weighted by Gasteiger charge is -2.18. The van der Waals surface area contributed by atoms with Crippen molar-refractivity contribution in [3.63, 3.8) is 0 Å². The average molecular weight is 1060 g/mol. The monoisotopic (exact) mass is 1060 g/mol. The Bertz CT molecular complexity index is 1740. The minimum absolute atomic E-state index is 0.119. The summed E-state index contributed by atoms with van der Waals surface area (Å²) in [5.74, 6) is -1.03. The van der Waals surface area contributed by atoms with Gasteiger partial charge >= 0.3 is 17.9 Å². The predicted octanol–water partition coefficient (Wildman–Crippen LogP) is 21.3. The molecule has 0 bridgehead atoms. The first-order chi connectivity index (χ1) is 38.0. The lowest BCUT2D eigenvalue weighted by atomic mass is 10.1. The van der Waals surface area contributed by atoms with Crippen LogP contribution in [0.1, 0.15) is 252 Å². The summed E-state index contributed by atoms with van der Waals surface area (Å²) >= 11 is 0. The first-order valence-electron chi connectivity index (χ1n) is 31.0. The van der Waals surface area contributed by atoms with Crippen molar-refractivity contribution in [3.8, 4) is 0 Å². The fourth-order valence-corrected chi connectivity index (χ4v) is 7.94. The third-order valence-electron chi connectivity index (χ3n) is 12.5. The number of ether oxygens (including phenoxy) is 3. The van der Waals surface area contributed by atoms with Crippen LogP contribution in [0, 0.1) is 0 Å². The molecule has 0 saturated carbocycles. The van der Waals surface area contributed by atoms with E-state index in [4.69, 9.17) is 14.2 Å². The standard InChI is InChI=1S/C71H112O6/c1-4-7-10-13-16-19-22-25-27-29-31-32-33-34-35-36-37-38-40-41-43-46-49-52-55-58-61-64-70(73)76-67-68(66-75-69(72)63-60-57-54-51-48-45-24-21-18-15-12-9-6-3)77-71(74)65-62-59-56-53-50-47-44-42-39-30-28-26-23-20-17-14-11-8-5-2/h7,9-10,12,16-21,25-28,31-32,34-35,37-38,41,43,45,48,54,57,68H,4-6,8,11,13-15,22-24,29-30,33,36,39-40,42,44,46-47,49-53,55-56,58-67H2,1-3H3/b10-7-,12-9-,19-16-,20-17-,21-18-,27-25-,28-26-,32-31-,35-34-,38-37-,43-41-,48-45-,57-54-. The minimum Gasteiger partial charge on any atom is -0.462 e. The van der Waals surface area contributed by atoms with Crippen molar-refractivity contribution in [2.24, 2.45) is 0 Å². The zero-order chi connectivity index (χ0) is 55.7. The first-order valence-corrected chi connectivity index (χ1v) is 31.0. The van der Waals surface area contributed by atoms with Gasteiger partial charge < -0.3 is 14.2 Å². The van der Waals surface area contributed by atoms with Gasteiger partial charge in [0.15, 0.2) is 6.10 Å². The molecule has 0 N–H and O–H groups in total. The van der Waals surface area contributed by atoms with E-state index in [9.17, 15) is 14.4 Å². The normalized spacial score (nSPS) is 13.2. The Morgan fingerprint density at radius 1 is 0.273 bits per heavy atom. The highest BCUT2D eigenvalue weighted by Gasteiger charge is 2.19. The Kier molecular flexibility index (Phi) is 59.5. The molecule has 77 heavy (non-hydrogen) atoms. The Morgan fingerprint density at radius 2 is 0.532 bits per heavy atom. The van der Waals surface area contributed by atoms with Crippen LogP contribution in [0.15, 0.2) is 158 Å². The minimum atomic E-state index is -0.826. The van der Waals surface area contributed by atoms with Crippen molar-refractivity contribution in [2.75, 3.05) is 13.2 Å². The lowest BCUT2D eigenvalue weighted by molar-refractivity contribution is -0.166. The first kappa shape index (κ1) is 72.0. The fraction of sp³-hybridized carbons (Fsp3) is 0.592. The Hall–Kier alpha value is -4.97. The summed E-state index contributed by atoms with van der Waals surface area (Å²) in [7, 11) is 0. The zero-order valence-corrected chi connectivity index (χ0v) is 49.4. The summed E-state index contributed by atoms with van der Waals surface area (Å²) in [6, 6.07) is 0. The molecule has 0 aromatic heterocycles. The Morgan fingerprint density at radius 3 is 0.870 bits per heavy atom. The van der Waals surface area contributed by atoms with Gasteiger partial charge in [-0.15, -0.1) is 0 Å². The van der Waals surface area contributed by atoms with E-state index in [1.165, 1.54) is 70.6 Å². The van der Waals surface area contributed by atoms with E-state index in [2.05, 4.69) is 167 Å². The van der Waals surface area contributed by atoms with Crippen molar-refractivity contribution in [3.05, 3.63) is 158 Å². The van der Waals surface area contributed by atoms with Gasteiger partial charge in [-0.3, -0.25) is 14.4 Å². The molecule has 0 aliphatic heterocycles. The molecule has 0 amide bonds. The molecule has 0 aliphatic carbocycles. The number of carbonyl (C=O) groups excluding carboxylic acids is 3. The molecule has 0 saturated heterocycles. The molecule has 6 nitrogen and oxygen atoms in total. The largest absolute Gasteiger partial charge is 0.462 e. The summed E-state index contributed by atoms with van der Waals surface area (Å²) in [5.41, 5.74) is 0. The maximum atomic E-state index is 12.9. The molecule has 0 aromatic rings. The quantitative estimate of drug-likeness (QED) is 0.0261. The van der Waals surface area contributed by atoms with Crippen LogP contribution in [0.2, 0.25) is 0 Å². The SMILES string of the molecule is CC/C=C\C/C=C\C/C=C\C/C=C\C/C=C\C/C=C\C/C=C\CCCCCCCC(=O)OCC(COC(=O)CC/C=C\C/C=C\C/C=C\C/C=C\CC)OC(=O)CCCCCCCCCCC/C=C\C/C=C\CCCCC. The van der Waals surface area contributed by atoms with Gasteiger partial charge in [0.05, 0.1) is 0 Å². The second-order valence-electron chi connectivity index (χ2n) is 19.8. The van der Waals surface area contributed by atoms with E-state index >= 15 is 0 Å². The maximum Gasteiger partial charge on any atom is 0.306 e. The maximum absolute atomic E-state index is 12.9. The van der Waals surface area contributed by atoms with Gasteiger partial charge in [0, 0.05) is 19.3 Å². The summed E-state index contributed by atoms with van der Waals surface area (Å²) in [6.45, 7) is 6.29. The Balaban J connectivity index is 4.45. The van der Waals surface area contributed by atoms with Crippen LogP contribution in [-0.2, 0) is 28.6 Å². The molecule has 1 atom stereocenters. The second-order valence-corrected chi connectivity index (χ2v) is 19.8. The van der Waals surface area contributed by atoms with E-state index in [0.717, 1.165) is 135 Å². The predicted molar refractivity (Wildman–Crippen MR) is 334 cm³/mol. The van der Waals surface area contributed by atoms with Gasteiger partial charge in [0.2, 0.25) is 0 Å². The van der Waals surface area contributed by atoms with Crippen molar-refractivity contribution >= 4 is 17.9 Å². The molecule has 0 fully saturated rings. The molecule has 0 heterocycles. The number of esters is 3. The molecule has 0 rings (SSSR count). The molecule has 0 aliphatic rings.